The van der Waals surface area contributed by atoms with Gasteiger partial charge in [-0.05, 0) is 24.3 Å². The number of rotatable bonds is 5. The molecule has 100 valence electrons. The molecule has 0 N–H and O–H groups in total. The molecule has 0 aliphatic rings. The second kappa shape index (κ2) is 6.02. The van der Waals surface area contributed by atoms with Crippen molar-refractivity contribution in [1.82, 2.24) is 14.5 Å². The van der Waals surface area contributed by atoms with E-state index in [2.05, 4.69) is 14.5 Å². The molecule has 1 aromatic carbocycles. The topological polar surface area (TPSA) is 39.9 Å². The van der Waals surface area contributed by atoms with Crippen LogP contribution in [0.4, 0.5) is 0 Å². The molecule has 0 aliphatic heterocycles. The van der Waals surface area contributed by atoms with Gasteiger partial charge in [0.05, 0.1) is 6.54 Å². The van der Waals surface area contributed by atoms with E-state index in [9.17, 15) is 0 Å². The zero-order valence-corrected chi connectivity index (χ0v) is 11.0. The van der Waals surface area contributed by atoms with E-state index in [-0.39, 0.29) is 0 Å². The lowest BCUT2D eigenvalue weighted by molar-refractivity contribution is 0.299. The maximum Gasteiger partial charge on any atom is 0.140 e. The number of para-hydroxylation sites is 1. The number of ether oxygens (including phenoxy) is 1. The summed E-state index contributed by atoms with van der Waals surface area (Å²) in [5, 5.41) is 0. The summed E-state index contributed by atoms with van der Waals surface area (Å²) in [4.78, 5) is 8.42. The third-order valence-corrected chi connectivity index (χ3v) is 3.00. The standard InChI is InChI=1S/C16H15N3O/c1-2-4-15(5-3-1)20-13-12-19-11-10-18-16(19)14-6-8-17-9-7-14/h1-11H,12-13H2. The molecule has 0 saturated heterocycles. The van der Waals surface area contributed by atoms with Crippen LogP contribution >= 0.6 is 0 Å². The molecule has 0 unspecified atom stereocenters. The second-order valence-electron chi connectivity index (χ2n) is 4.34. The van der Waals surface area contributed by atoms with Crippen molar-refractivity contribution in [3.8, 4) is 17.1 Å². The fourth-order valence-electron chi connectivity index (χ4n) is 2.03. The molecule has 0 atom stereocenters. The highest BCUT2D eigenvalue weighted by molar-refractivity contribution is 5.54. The Labute approximate surface area is 117 Å². The fraction of sp³-hybridized carbons (Fsp3) is 0.125. The van der Waals surface area contributed by atoms with Crippen LogP contribution in [0, 0.1) is 0 Å². The van der Waals surface area contributed by atoms with Gasteiger partial charge in [-0.15, -0.1) is 0 Å². The van der Waals surface area contributed by atoms with E-state index in [0.717, 1.165) is 23.7 Å². The third-order valence-electron chi connectivity index (χ3n) is 3.00. The third kappa shape index (κ3) is 2.85. The van der Waals surface area contributed by atoms with Gasteiger partial charge in [0.25, 0.3) is 0 Å². The largest absolute Gasteiger partial charge is 0.492 e. The monoisotopic (exact) mass is 265 g/mol. The lowest BCUT2D eigenvalue weighted by Crippen LogP contribution is -2.08. The first-order valence-electron chi connectivity index (χ1n) is 6.53. The van der Waals surface area contributed by atoms with E-state index < -0.39 is 0 Å². The van der Waals surface area contributed by atoms with Crippen LogP contribution in [-0.2, 0) is 6.54 Å². The van der Waals surface area contributed by atoms with Crippen LogP contribution in [0.3, 0.4) is 0 Å². The molecule has 0 aliphatic carbocycles. The Morgan fingerprint density at radius 3 is 2.55 bits per heavy atom. The summed E-state index contributed by atoms with van der Waals surface area (Å²) in [6, 6.07) is 13.7. The molecule has 3 aromatic rings. The fourth-order valence-corrected chi connectivity index (χ4v) is 2.03. The summed E-state index contributed by atoms with van der Waals surface area (Å²) in [5.41, 5.74) is 1.06. The number of nitrogens with zero attached hydrogens (tertiary/aromatic N) is 3. The zero-order chi connectivity index (χ0) is 13.6. The summed E-state index contributed by atoms with van der Waals surface area (Å²) in [5.74, 6) is 1.82. The first kappa shape index (κ1) is 12.4. The predicted molar refractivity (Wildman–Crippen MR) is 77.4 cm³/mol. The Bertz CT molecular complexity index is 650. The normalized spacial score (nSPS) is 10.4. The summed E-state index contributed by atoms with van der Waals surface area (Å²) in [6.45, 7) is 1.37. The van der Waals surface area contributed by atoms with Crippen LogP contribution < -0.4 is 4.74 Å². The van der Waals surface area contributed by atoms with Gasteiger partial charge in [-0.3, -0.25) is 4.98 Å². The SMILES string of the molecule is c1ccc(OCCn2ccnc2-c2ccncc2)cc1. The molecule has 2 heterocycles. The average Bonchev–Trinajstić information content (AvgIpc) is 2.98. The molecule has 0 bridgehead atoms. The minimum atomic E-state index is 0.610. The highest BCUT2D eigenvalue weighted by Crippen LogP contribution is 2.16. The van der Waals surface area contributed by atoms with Crippen molar-refractivity contribution in [1.29, 1.82) is 0 Å². The van der Waals surface area contributed by atoms with Crippen LogP contribution in [0.5, 0.6) is 5.75 Å². The average molecular weight is 265 g/mol. The Kier molecular flexibility index (Phi) is 3.73. The first-order valence-corrected chi connectivity index (χ1v) is 6.53. The number of benzene rings is 1. The quantitative estimate of drug-likeness (QED) is 0.712. The van der Waals surface area contributed by atoms with Gasteiger partial charge in [0.15, 0.2) is 0 Å². The van der Waals surface area contributed by atoms with Gasteiger partial charge < -0.3 is 9.30 Å². The summed E-state index contributed by atoms with van der Waals surface area (Å²) in [6.07, 6.45) is 7.31. The first-order chi connectivity index (χ1) is 9.93. The Balaban J connectivity index is 1.66. The van der Waals surface area contributed by atoms with Crippen molar-refractivity contribution in [3.63, 3.8) is 0 Å². The van der Waals surface area contributed by atoms with Gasteiger partial charge in [-0.25, -0.2) is 4.98 Å². The smallest absolute Gasteiger partial charge is 0.140 e. The van der Waals surface area contributed by atoms with Gasteiger partial charge in [-0.2, -0.15) is 0 Å². The second-order valence-corrected chi connectivity index (χ2v) is 4.34. The molecule has 3 rings (SSSR count). The zero-order valence-electron chi connectivity index (χ0n) is 11.0. The van der Waals surface area contributed by atoms with Crippen LogP contribution in [-0.4, -0.2) is 21.1 Å². The van der Waals surface area contributed by atoms with E-state index in [4.69, 9.17) is 4.74 Å². The van der Waals surface area contributed by atoms with Crippen LogP contribution in [0.25, 0.3) is 11.4 Å². The van der Waals surface area contributed by atoms with Crippen LogP contribution in [0.2, 0.25) is 0 Å². The van der Waals surface area contributed by atoms with Crippen molar-refractivity contribution in [2.45, 2.75) is 6.54 Å². The maximum absolute atomic E-state index is 5.71. The number of hydrogen-bond acceptors (Lipinski definition) is 3. The minimum absolute atomic E-state index is 0.610. The molecule has 2 aromatic heterocycles. The van der Waals surface area contributed by atoms with E-state index in [0.29, 0.717) is 6.61 Å². The molecule has 0 radical (unpaired) electrons. The van der Waals surface area contributed by atoms with Gasteiger partial charge in [0.1, 0.15) is 18.2 Å². The molecule has 4 heteroatoms. The Morgan fingerprint density at radius 1 is 0.950 bits per heavy atom. The van der Waals surface area contributed by atoms with Crippen molar-refractivity contribution >= 4 is 0 Å². The van der Waals surface area contributed by atoms with E-state index in [1.165, 1.54) is 0 Å². The van der Waals surface area contributed by atoms with Crippen molar-refractivity contribution in [2.24, 2.45) is 0 Å². The number of pyridine rings is 1. The van der Waals surface area contributed by atoms with Crippen LogP contribution in [0.1, 0.15) is 0 Å². The van der Waals surface area contributed by atoms with Gasteiger partial charge in [0.2, 0.25) is 0 Å². The molecular formula is C16H15N3O. The molecule has 20 heavy (non-hydrogen) atoms. The summed E-state index contributed by atoms with van der Waals surface area (Å²) >= 11 is 0. The lowest BCUT2D eigenvalue weighted by Gasteiger charge is -2.09. The highest BCUT2D eigenvalue weighted by atomic mass is 16.5. The van der Waals surface area contributed by atoms with Crippen LogP contribution in [0.15, 0.2) is 67.3 Å². The molecule has 4 nitrogen and oxygen atoms in total. The number of aromatic nitrogens is 3. The number of imidazole rings is 1. The molecule has 0 spiro atoms. The lowest BCUT2D eigenvalue weighted by atomic mass is 10.2. The molecule has 0 saturated carbocycles. The van der Waals surface area contributed by atoms with E-state index in [1.807, 2.05) is 48.7 Å². The van der Waals surface area contributed by atoms with Gasteiger partial charge in [0, 0.05) is 30.4 Å². The van der Waals surface area contributed by atoms with Crippen molar-refractivity contribution in [2.75, 3.05) is 6.61 Å². The molecule has 0 amide bonds. The Morgan fingerprint density at radius 2 is 1.75 bits per heavy atom. The summed E-state index contributed by atoms with van der Waals surface area (Å²) < 4.78 is 7.79. The maximum atomic E-state index is 5.71. The minimum Gasteiger partial charge on any atom is -0.492 e. The summed E-state index contributed by atoms with van der Waals surface area (Å²) in [7, 11) is 0. The predicted octanol–water partition coefficient (Wildman–Crippen LogP) is 3.02. The van der Waals surface area contributed by atoms with Gasteiger partial charge >= 0.3 is 0 Å². The van der Waals surface area contributed by atoms with E-state index in [1.54, 1.807) is 18.6 Å². The highest BCUT2D eigenvalue weighted by Gasteiger charge is 2.05. The van der Waals surface area contributed by atoms with E-state index >= 15 is 0 Å². The molecule has 0 fully saturated rings. The van der Waals surface area contributed by atoms with Crippen molar-refractivity contribution in [3.05, 3.63) is 67.3 Å². The van der Waals surface area contributed by atoms with Gasteiger partial charge in [-0.1, -0.05) is 18.2 Å². The Hall–Kier alpha value is -2.62. The molecular weight excluding hydrogens is 250 g/mol. The number of hydrogen-bond donors (Lipinski definition) is 0. The van der Waals surface area contributed by atoms with Crippen molar-refractivity contribution < 1.29 is 4.74 Å².